The molecule has 5 nitrogen and oxygen atoms in total. The van der Waals surface area contributed by atoms with Crippen molar-refractivity contribution in [1.29, 1.82) is 0 Å². The zero-order chi connectivity index (χ0) is 13.0. The summed E-state index contributed by atoms with van der Waals surface area (Å²) < 4.78 is 5.18. The van der Waals surface area contributed by atoms with Gasteiger partial charge in [0.1, 0.15) is 16.3 Å². The van der Waals surface area contributed by atoms with Crippen LogP contribution in [0.25, 0.3) is 0 Å². The molecule has 0 fully saturated rings. The number of carboxylic acid groups (broad SMARTS) is 1. The number of hydrogen-bond acceptors (Lipinski definition) is 5. The average molecular weight is 266 g/mol. The van der Waals surface area contributed by atoms with E-state index in [1.807, 2.05) is 5.38 Å². The number of aromatic carboxylic acids is 1. The molecule has 0 aliphatic carbocycles. The van der Waals surface area contributed by atoms with Crippen molar-refractivity contribution < 1.29 is 14.3 Å². The molecule has 1 atom stereocenters. The van der Waals surface area contributed by atoms with Crippen molar-refractivity contribution in [1.82, 2.24) is 10.3 Å². The van der Waals surface area contributed by atoms with Crippen LogP contribution in [0.5, 0.6) is 0 Å². The predicted octanol–water partition coefficient (Wildman–Crippen LogP) is 2.68. The van der Waals surface area contributed by atoms with E-state index >= 15 is 0 Å². The van der Waals surface area contributed by atoms with Crippen molar-refractivity contribution >= 4 is 17.3 Å². The Morgan fingerprint density at radius 1 is 1.67 bits per heavy atom. The molecular weight excluding hydrogens is 252 g/mol. The van der Waals surface area contributed by atoms with Gasteiger partial charge in [-0.15, -0.1) is 11.3 Å². The molecule has 2 heterocycles. The van der Waals surface area contributed by atoms with E-state index in [1.54, 1.807) is 17.5 Å². The summed E-state index contributed by atoms with van der Waals surface area (Å²) in [7, 11) is 0. The van der Waals surface area contributed by atoms with Gasteiger partial charge in [-0.05, 0) is 12.5 Å². The summed E-state index contributed by atoms with van der Waals surface area (Å²) in [6, 6.07) is 1.58. The highest BCUT2D eigenvalue weighted by atomic mass is 32.1. The Morgan fingerprint density at radius 3 is 3.11 bits per heavy atom. The summed E-state index contributed by atoms with van der Waals surface area (Å²) in [4.78, 5) is 15.2. The Kier molecular flexibility index (Phi) is 4.11. The van der Waals surface area contributed by atoms with Crippen LogP contribution in [0.1, 0.15) is 40.5 Å². The molecule has 0 spiro atoms. The molecule has 1 unspecified atom stereocenters. The molecule has 6 heteroatoms. The SMILES string of the molecule is CCC(NCc1occc1C(=O)O)c1nccs1. The summed E-state index contributed by atoms with van der Waals surface area (Å²) in [5.74, 6) is -0.527. The van der Waals surface area contributed by atoms with Crippen molar-refractivity contribution in [3.63, 3.8) is 0 Å². The molecule has 0 aliphatic heterocycles. The van der Waals surface area contributed by atoms with Crippen LogP contribution in [0.15, 0.2) is 28.3 Å². The molecule has 0 saturated carbocycles. The number of rotatable bonds is 6. The van der Waals surface area contributed by atoms with Gasteiger partial charge >= 0.3 is 5.97 Å². The van der Waals surface area contributed by atoms with Gasteiger partial charge in [-0.3, -0.25) is 0 Å². The van der Waals surface area contributed by atoms with Crippen LogP contribution in [-0.2, 0) is 6.54 Å². The minimum absolute atomic E-state index is 0.122. The van der Waals surface area contributed by atoms with Gasteiger partial charge in [-0.2, -0.15) is 0 Å². The first kappa shape index (κ1) is 12.8. The lowest BCUT2D eigenvalue weighted by molar-refractivity contribution is 0.0694. The Morgan fingerprint density at radius 2 is 2.50 bits per heavy atom. The lowest BCUT2D eigenvalue weighted by atomic mass is 10.2. The highest BCUT2D eigenvalue weighted by Crippen LogP contribution is 2.20. The number of nitrogens with one attached hydrogen (secondary N) is 1. The fourth-order valence-electron chi connectivity index (χ4n) is 1.70. The van der Waals surface area contributed by atoms with E-state index in [1.165, 1.54) is 12.3 Å². The van der Waals surface area contributed by atoms with Crippen LogP contribution < -0.4 is 5.32 Å². The third-order valence-electron chi connectivity index (χ3n) is 2.64. The highest BCUT2D eigenvalue weighted by molar-refractivity contribution is 7.09. The standard InChI is InChI=1S/C12H14N2O3S/c1-2-9(11-13-4-6-18-11)14-7-10-8(12(15)16)3-5-17-10/h3-6,9,14H,2,7H2,1H3,(H,15,16). The van der Waals surface area contributed by atoms with Crippen molar-refractivity contribution in [3.05, 3.63) is 40.2 Å². The van der Waals surface area contributed by atoms with E-state index in [4.69, 9.17) is 9.52 Å². The second-order valence-corrected chi connectivity index (χ2v) is 4.70. The van der Waals surface area contributed by atoms with Crippen LogP contribution in [0, 0.1) is 0 Å². The molecule has 0 saturated heterocycles. The number of thiazole rings is 1. The van der Waals surface area contributed by atoms with Gasteiger partial charge in [0.25, 0.3) is 0 Å². The normalized spacial score (nSPS) is 12.5. The fourth-order valence-corrected chi connectivity index (χ4v) is 2.49. The second kappa shape index (κ2) is 5.79. The number of carboxylic acids is 1. The van der Waals surface area contributed by atoms with E-state index < -0.39 is 5.97 Å². The van der Waals surface area contributed by atoms with Crippen molar-refractivity contribution in [2.24, 2.45) is 0 Å². The molecule has 96 valence electrons. The van der Waals surface area contributed by atoms with Crippen molar-refractivity contribution in [2.45, 2.75) is 25.9 Å². The average Bonchev–Trinajstić information content (AvgIpc) is 2.99. The third kappa shape index (κ3) is 2.77. The Labute approximate surface area is 108 Å². The molecule has 2 N–H and O–H groups in total. The first-order chi connectivity index (χ1) is 8.72. The van der Waals surface area contributed by atoms with Crippen LogP contribution in [0.3, 0.4) is 0 Å². The van der Waals surface area contributed by atoms with Crippen LogP contribution >= 0.6 is 11.3 Å². The fraction of sp³-hybridized carbons (Fsp3) is 0.333. The van der Waals surface area contributed by atoms with E-state index in [-0.39, 0.29) is 11.6 Å². The maximum absolute atomic E-state index is 10.9. The molecule has 2 aromatic heterocycles. The molecule has 2 rings (SSSR count). The molecular formula is C12H14N2O3S. The zero-order valence-electron chi connectivity index (χ0n) is 9.92. The Hall–Kier alpha value is -1.66. The van der Waals surface area contributed by atoms with Gasteiger partial charge in [0.05, 0.1) is 18.8 Å². The van der Waals surface area contributed by atoms with Gasteiger partial charge in [0, 0.05) is 11.6 Å². The highest BCUT2D eigenvalue weighted by Gasteiger charge is 2.16. The third-order valence-corrected chi connectivity index (χ3v) is 3.53. The van der Waals surface area contributed by atoms with Crippen molar-refractivity contribution in [3.8, 4) is 0 Å². The summed E-state index contributed by atoms with van der Waals surface area (Å²) in [5, 5.41) is 15.1. The van der Waals surface area contributed by atoms with Gasteiger partial charge in [0.15, 0.2) is 0 Å². The summed E-state index contributed by atoms with van der Waals surface area (Å²) >= 11 is 1.58. The Bertz CT molecular complexity index is 507. The number of carbonyl (C=O) groups is 1. The minimum Gasteiger partial charge on any atom is -0.478 e. The minimum atomic E-state index is -0.970. The maximum Gasteiger partial charge on any atom is 0.339 e. The van der Waals surface area contributed by atoms with Gasteiger partial charge in [-0.1, -0.05) is 6.92 Å². The topological polar surface area (TPSA) is 75.4 Å². The number of aromatic nitrogens is 1. The van der Waals surface area contributed by atoms with E-state index in [0.29, 0.717) is 12.3 Å². The monoisotopic (exact) mass is 266 g/mol. The van der Waals surface area contributed by atoms with Gasteiger partial charge in [-0.25, -0.2) is 9.78 Å². The van der Waals surface area contributed by atoms with Crippen molar-refractivity contribution in [2.75, 3.05) is 0 Å². The molecule has 0 radical (unpaired) electrons. The lowest BCUT2D eigenvalue weighted by Gasteiger charge is -2.13. The smallest absolute Gasteiger partial charge is 0.339 e. The summed E-state index contributed by atoms with van der Waals surface area (Å²) in [6.07, 6.45) is 4.04. The number of furan rings is 1. The zero-order valence-corrected chi connectivity index (χ0v) is 10.7. The molecule has 2 aromatic rings. The molecule has 0 bridgehead atoms. The van der Waals surface area contributed by atoms with E-state index in [9.17, 15) is 4.79 Å². The lowest BCUT2D eigenvalue weighted by Crippen LogP contribution is -2.20. The van der Waals surface area contributed by atoms with Gasteiger partial charge in [0.2, 0.25) is 0 Å². The number of hydrogen-bond donors (Lipinski definition) is 2. The van der Waals surface area contributed by atoms with Crippen LogP contribution in [-0.4, -0.2) is 16.1 Å². The quantitative estimate of drug-likeness (QED) is 0.840. The van der Waals surface area contributed by atoms with Gasteiger partial charge < -0.3 is 14.8 Å². The summed E-state index contributed by atoms with van der Waals surface area (Å²) in [5.41, 5.74) is 0.205. The first-order valence-corrected chi connectivity index (χ1v) is 6.52. The molecule has 0 amide bonds. The molecule has 0 aliphatic rings. The van der Waals surface area contributed by atoms with Crippen LogP contribution in [0.4, 0.5) is 0 Å². The van der Waals surface area contributed by atoms with E-state index in [0.717, 1.165) is 11.4 Å². The van der Waals surface area contributed by atoms with Crippen LogP contribution in [0.2, 0.25) is 0 Å². The largest absolute Gasteiger partial charge is 0.478 e. The predicted molar refractivity (Wildman–Crippen MR) is 67.7 cm³/mol. The maximum atomic E-state index is 10.9. The summed E-state index contributed by atoms with van der Waals surface area (Å²) in [6.45, 7) is 2.44. The first-order valence-electron chi connectivity index (χ1n) is 5.64. The second-order valence-electron chi connectivity index (χ2n) is 3.77. The molecule has 0 aromatic carbocycles. The number of nitrogens with zero attached hydrogens (tertiary/aromatic N) is 1. The molecule has 18 heavy (non-hydrogen) atoms. The van der Waals surface area contributed by atoms with E-state index in [2.05, 4.69) is 17.2 Å². The Balaban J connectivity index is 2.02.